The Kier molecular flexibility index (Phi) is 11.1. The van der Waals surface area contributed by atoms with Gasteiger partial charge in [-0.3, -0.25) is 13.9 Å². The zero-order valence-corrected chi connectivity index (χ0v) is 24.5. The highest BCUT2D eigenvalue weighted by atomic mass is 32.2. The van der Waals surface area contributed by atoms with Crippen LogP contribution in [-0.4, -0.2) is 64.7 Å². The van der Waals surface area contributed by atoms with E-state index in [2.05, 4.69) is 5.32 Å². The van der Waals surface area contributed by atoms with Gasteiger partial charge in [0.1, 0.15) is 29.9 Å². The zero-order chi connectivity index (χ0) is 30.0. The molecular formula is C30H36FN3O6S. The number of rotatable bonds is 14. The molecule has 2 amide bonds. The third-order valence-electron chi connectivity index (χ3n) is 6.42. The van der Waals surface area contributed by atoms with Crippen molar-refractivity contribution in [2.45, 2.75) is 32.4 Å². The van der Waals surface area contributed by atoms with Crippen LogP contribution in [0.4, 0.5) is 10.1 Å². The van der Waals surface area contributed by atoms with Crippen molar-refractivity contribution in [1.82, 2.24) is 10.2 Å². The molecule has 0 saturated carbocycles. The molecule has 9 nitrogen and oxygen atoms in total. The van der Waals surface area contributed by atoms with Crippen molar-refractivity contribution in [2.24, 2.45) is 0 Å². The van der Waals surface area contributed by atoms with Crippen LogP contribution in [0.5, 0.6) is 11.5 Å². The number of amides is 2. The van der Waals surface area contributed by atoms with E-state index in [1.807, 2.05) is 37.3 Å². The quantitative estimate of drug-likeness (QED) is 0.309. The topological polar surface area (TPSA) is 105 Å². The normalized spacial score (nSPS) is 11.8. The molecule has 0 fully saturated rings. The summed E-state index contributed by atoms with van der Waals surface area (Å²) in [4.78, 5) is 28.9. The molecule has 0 aliphatic rings. The van der Waals surface area contributed by atoms with E-state index in [0.29, 0.717) is 24.3 Å². The fourth-order valence-corrected chi connectivity index (χ4v) is 5.15. The number of nitrogens with zero attached hydrogens (tertiary/aromatic N) is 2. The molecule has 0 heterocycles. The minimum absolute atomic E-state index is 0.0481. The summed E-state index contributed by atoms with van der Waals surface area (Å²) in [5.74, 6) is -0.805. The number of carbonyl (C=O) groups is 2. The smallest absolute Gasteiger partial charge is 0.244 e. The number of benzene rings is 3. The molecule has 0 unspecified atom stereocenters. The maximum absolute atomic E-state index is 14.1. The van der Waals surface area contributed by atoms with Crippen LogP contribution in [0.15, 0.2) is 72.8 Å². The van der Waals surface area contributed by atoms with Gasteiger partial charge in [-0.05, 0) is 41.8 Å². The highest BCUT2D eigenvalue weighted by molar-refractivity contribution is 7.92. The Morgan fingerprint density at radius 2 is 1.63 bits per heavy atom. The lowest BCUT2D eigenvalue weighted by atomic mass is 10.0. The molecular weight excluding hydrogens is 549 g/mol. The first kappa shape index (κ1) is 31.4. The van der Waals surface area contributed by atoms with Crippen LogP contribution in [0.25, 0.3) is 0 Å². The summed E-state index contributed by atoms with van der Waals surface area (Å²) in [5.41, 5.74) is 1.54. The highest BCUT2D eigenvalue weighted by Crippen LogP contribution is 2.33. The van der Waals surface area contributed by atoms with Gasteiger partial charge < -0.3 is 19.7 Å². The minimum atomic E-state index is -3.98. The SMILES string of the molecule is CCCNC(=O)[C@H](Cc1ccccc1)N(Cc1ccc(F)cc1)C(=O)CN(c1ccc(OC)cc1OC)S(C)(=O)=O. The van der Waals surface area contributed by atoms with Crippen LogP contribution in [0.1, 0.15) is 24.5 Å². The van der Waals surface area contributed by atoms with Crippen molar-refractivity contribution < 1.29 is 31.9 Å². The fraction of sp³-hybridized carbons (Fsp3) is 0.333. The molecule has 0 spiro atoms. The lowest BCUT2D eigenvalue weighted by molar-refractivity contribution is -0.140. The average molecular weight is 586 g/mol. The number of sulfonamides is 1. The monoisotopic (exact) mass is 585 g/mol. The van der Waals surface area contributed by atoms with Gasteiger partial charge in [-0.1, -0.05) is 49.4 Å². The standard InChI is InChI=1S/C30H36FN3O6S/c1-5-17-32-30(36)27(18-22-9-7-6-8-10-22)33(20-23-11-13-24(31)14-12-23)29(35)21-34(41(4,37)38)26-16-15-25(39-2)19-28(26)40-3/h6-16,19,27H,5,17-18,20-21H2,1-4H3,(H,32,36)/t27-/m0/s1. The first-order valence-electron chi connectivity index (χ1n) is 13.1. The molecule has 0 aliphatic heterocycles. The number of halogens is 1. The first-order valence-corrected chi connectivity index (χ1v) is 15.0. The summed E-state index contributed by atoms with van der Waals surface area (Å²) in [6.45, 7) is 1.67. The molecule has 0 bridgehead atoms. The summed E-state index contributed by atoms with van der Waals surface area (Å²) in [5, 5.41) is 2.87. The first-order chi connectivity index (χ1) is 19.6. The van der Waals surface area contributed by atoms with Crippen molar-refractivity contribution in [3.05, 3.63) is 89.7 Å². The molecule has 11 heteroatoms. The van der Waals surface area contributed by atoms with Crippen molar-refractivity contribution in [3.63, 3.8) is 0 Å². The predicted octanol–water partition coefficient (Wildman–Crippen LogP) is 3.78. The van der Waals surface area contributed by atoms with Gasteiger partial charge in [-0.25, -0.2) is 12.8 Å². The summed E-state index contributed by atoms with van der Waals surface area (Å²) < 4.78 is 51.2. The van der Waals surface area contributed by atoms with Crippen molar-refractivity contribution in [1.29, 1.82) is 0 Å². The van der Waals surface area contributed by atoms with Crippen LogP contribution in [0.2, 0.25) is 0 Å². The van der Waals surface area contributed by atoms with Crippen LogP contribution < -0.4 is 19.1 Å². The third kappa shape index (κ3) is 8.68. The molecule has 0 aromatic heterocycles. The summed E-state index contributed by atoms with van der Waals surface area (Å²) in [6.07, 6.45) is 1.87. The zero-order valence-electron chi connectivity index (χ0n) is 23.7. The Hall–Kier alpha value is -4.12. The summed E-state index contributed by atoms with van der Waals surface area (Å²) in [7, 11) is -1.13. The number of anilines is 1. The Bertz CT molecular complexity index is 1420. The van der Waals surface area contributed by atoms with E-state index in [4.69, 9.17) is 9.47 Å². The fourth-order valence-electron chi connectivity index (χ4n) is 4.29. The molecule has 41 heavy (non-hydrogen) atoms. The maximum Gasteiger partial charge on any atom is 0.244 e. The molecule has 1 atom stereocenters. The van der Waals surface area contributed by atoms with Gasteiger partial charge >= 0.3 is 0 Å². The summed E-state index contributed by atoms with van der Waals surface area (Å²) >= 11 is 0. The Balaban J connectivity index is 2.07. The van der Waals surface area contributed by atoms with Gasteiger partial charge in [0.25, 0.3) is 0 Å². The lowest BCUT2D eigenvalue weighted by Gasteiger charge is -2.33. The molecule has 1 N–H and O–H groups in total. The van der Waals surface area contributed by atoms with E-state index in [1.165, 1.54) is 55.5 Å². The molecule has 3 rings (SSSR count). The van der Waals surface area contributed by atoms with Crippen molar-refractivity contribution in [3.8, 4) is 11.5 Å². The molecule has 0 aliphatic carbocycles. The summed E-state index contributed by atoms with van der Waals surface area (Å²) in [6, 6.07) is 18.4. The Morgan fingerprint density at radius 1 is 0.951 bits per heavy atom. The van der Waals surface area contributed by atoms with E-state index >= 15 is 0 Å². The van der Waals surface area contributed by atoms with Crippen molar-refractivity contribution in [2.75, 3.05) is 37.9 Å². The van der Waals surface area contributed by atoms with Gasteiger partial charge in [0.15, 0.2) is 0 Å². The number of hydrogen-bond donors (Lipinski definition) is 1. The number of hydrogen-bond acceptors (Lipinski definition) is 6. The van der Waals surface area contributed by atoms with E-state index in [-0.39, 0.29) is 30.3 Å². The van der Waals surface area contributed by atoms with Crippen LogP contribution in [-0.2, 0) is 32.6 Å². The van der Waals surface area contributed by atoms with Crippen LogP contribution in [0, 0.1) is 5.82 Å². The lowest BCUT2D eigenvalue weighted by Crippen LogP contribution is -2.53. The second kappa shape index (κ2) is 14.5. The van der Waals surface area contributed by atoms with Gasteiger partial charge in [0.2, 0.25) is 21.8 Å². The molecule has 3 aromatic carbocycles. The van der Waals surface area contributed by atoms with E-state index in [0.717, 1.165) is 16.1 Å². The van der Waals surface area contributed by atoms with Crippen LogP contribution >= 0.6 is 0 Å². The molecule has 3 aromatic rings. The second-order valence-electron chi connectivity index (χ2n) is 9.45. The van der Waals surface area contributed by atoms with Gasteiger partial charge in [0, 0.05) is 25.6 Å². The second-order valence-corrected chi connectivity index (χ2v) is 11.4. The van der Waals surface area contributed by atoms with Gasteiger partial charge in [-0.2, -0.15) is 0 Å². The third-order valence-corrected chi connectivity index (χ3v) is 7.55. The van der Waals surface area contributed by atoms with Crippen molar-refractivity contribution >= 4 is 27.5 Å². The number of methoxy groups -OCH3 is 2. The Labute approximate surface area is 240 Å². The molecule has 0 radical (unpaired) electrons. The largest absolute Gasteiger partial charge is 0.497 e. The molecule has 220 valence electrons. The van der Waals surface area contributed by atoms with E-state index < -0.39 is 34.3 Å². The van der Waals surface area contributed by atoms with Crippen LogP contribution in [0.3, 0.4) is 0 Å². The van der Waals surface area contributed by atoms with E-state index in [1.54, 1.807) is 6.07 Å². The predicted molar refractivity (Wildman–Crippen MR) is 156 cm³/mol. The minimum Gasteiger partial charge on any atom is -0.497 e. The number of carbonyl (C=O) groups excluding carboxylic acids is 2. The Morgan fingerprint density at radius 3 is 2.22 bits per heavy atom. The molecule has 0 saturated heterocycles. The highest BCUT2D eigenvalue weighted by Gasteiger charge is 2.33. The van der Waals surface area contributed by atoms with Gasteiger partial charge in [0.05, 0.1) is 26.2 Å². The van der Waals surface area contributed by atoms with Gasteiger partial charge in [-0.15, -0.1) is 0 Å². The number of ether oxygens (including phenoxy) is 2. The number of nitrogens with one attached hydrogen (secondary N) is 1. The average Bonchev–Trinajstić information content (AvgIpc) is 2.96. The van der Waals surface area contributed by atoms with E-state index in [9.17, 15) is 22.4 Å². The maximum atomic E-state index is 14.1.